The minimum Gasteiger partial charge on any atom is -0.463 e. The van der Waals surface area contributed by atoms with Crippen molar-refractivity contribution in [2.24, 2.45) is 5.41 Å². The van der Waals surface area contributed by atoms with Crippen molar-refractivity contribution in [1.82, 2.24) is 20.2 Å². The van der Waals surface area contributed by atoms with Crippen LogP contribution in [-0.4, -0.2) is 95.1 Å². The van der Waals surface area contributed by atoms with Gasteiger partial charge in [-0.2, -0.15) is 20.5 Å². The van der Waals surface area contributed by atoms with Crippen molar-refractivity contribution in [3.63, 3.8) is 0 Å². The number of fused-ring (bicyclic) bond motifs is 4. The van der Waals surface area contributed by atoms with Gasteiger partial charge in [-0.15, -0.1) is 11.3 Å². The summed E-state index contributed by atoms with van der Waals surface area (Å²) in [6.07, 6.45) is 6.40. The molecule has 4 saturated heterocycles. The van der Waals surface area contributed by atoms with Crippen molar-refractivity contribution >= 4 is 38.8 Å². The average molecular weight is 620 g/mol. The van der Waals surface area contributed by atoms with Gasteiger partial charge in [0.1, 0.15) is 22.7 Å². The lowest BCUT2D eigenvalue weighted by atomic mass is 9.74. The standard InChI is InChI=1S/C30H37N9O2S2/c31-11-21-24-23(42-25(21)33)3-4-30(24)16-39(17-30)27-22(12-32)26(38-13-19-1-2-20(14-38)34-19)35-28(36-27)41-18-29(5-6-29)15-37-7-9-43(40)10-8-37/h19-20,34H,1-10,13-18,33H2/t19-,20?/m0/s1. The normalized spacial score (nSPS) is 27.0. The van der Waals surface area contributed by atoms with Crippen molar-refractivity contribution in [2.75, 3.05) is 79.5 Å². The minimum atomic E-state index is -0.685. The Bertz CT molecular complexity index is 1550. The number of nitrogen functional groups attached to an aromatic ring is 1. The highest BCUT2D eigenvalue weighted by Gasteiger charge is 2.52. The Labute approximate surface area is 258 Å². The van der Waals surface area contributed by atoms with E-state index in [0.717, 1.165) is 88.3 Å². The quantitative estimate of drug-likeness (QED) is 0.467. The monoisotopic (exact) mass is 619 g/mol. The van der Waals surface area contributed by atoms with Gasteiger partial charge in [0.05, 0.1) is 12.2 Å². The fourth-order valence-corrected chi connectivity index (χ4v) is 10.3. The van der Waals surface area contributed by atoms with E-state index < -0.39 is 10.8 Å². The number of aryl methyl sites for hydroxylation is 1. The fraction of sp³-hybridized carbons (Fsp3) is 0.667. The Morgan fingerprint density at radius 2 is 1.70 bits per heavy atom. The Hall–Kier alpha value is -2.97. The molecule has 4 aliphatic heterocycles. The third-order valence-corrected chi connectivity index (χ3v) is 12.9. The Kier molecular flexibility index (Phi) is 6.60. The van der Waals surface area contributed by atoms with Gasteiger partial charge in [-0.25, -0.2) is 0 Å². The summed E-state index contributed by atoms with van der Waals surface area (Å²) < 4.78 is 18.3. The first-order chi connectivity index (χ1) is 20.9. The van der Waals surface area contributed by atoms with E-state index in [1.807, 2.05) is 0 Å². The molecule has 0 amide bonds. The molecule has 5 fully saturated rings. The highest BCUT2D eigenvalue weighted by molar-refractivity contribution is 7.85. The van der Waals surface area contributed by atoms with Crippen LogP contribution in [0.2, 0.25) is 0 Å². The van der Waals surface area contributed by atoms with Crippen molar-refractivity contribution in [3.05, 3.63) is 21.6 Å². The topological polar surface area (TPSA) is 147 Å². The molecule has 1 saturated carbocycles. The first kappa shape index (κ1) is 27.6. The summed E-state index contributed by atoms with van der Waals surface area (Å²) in [5.74, 6) is 2.82. The first-order valence-corrected chi connectivity index (χ1v) is 17.8. The largest absolute Gasteiger partial charge is 0.463 e. The molecule has 43 heavy (non-hydrogen) atoms. The van der Waals surface area contributed by atoms with E-state index in [1.165, 1.54) is 4.88 Å². The maximum absolute atomic E-state index is 11.8. The van der Waals surface area contributed by atoms with Gasteiger partial charge >= 0.3 is 6.01 Å². The molecule has 13 heteroatoms. The van der Waals surface area contributed by atoms with Crippen LogP contribution in [0.1, 0.15) is 53.7 Å². The van der Waals surface area contributed by atoms with Crippen LogP contribution >= 0.6 is 11.3 Å². The second kappa shape index (κ2) is 10.3. The van der Waals surface area contributed by atoms with Crippen molar-refractivity contribution in [2.45, 2.75) is 56.0 Å². The third-order valence-electron chi connectivity index (χ3n) is 10.5. The third kappa shape index (κ3) is 4.76. The fourth-order valence-electron chi connectivity index (χ4n) is 8.03. The number of nitriles is 2. The molecule has 1 spiro atoms. The summed E-state index contributed by atoms with van der Waals surface area (Å²) in [5, 5.41) is 24.6. The van der Waals surface area contributed by atoms with Gasteiger partial charge < -0.3 is 30.5 Å². The predicted molar refractivity (Wildman–Crippen MR) is 166 cm³/mol. The summed E-state index contributed by atoms with van der Waals surface area (Å²) in [6, 6.07) is 5.97. The van der Waals surface area contributed by atoms with Crippen molar-refractivity contribution in [3.8, 4) is 18.1 Å². The lowest BCUT2D eigenvalue weighted by molar-refractivity contribution is 0.160. The van der Waals surface area contributed by atoms with Crippen LogP contribution in [0.15, 0.2) is 0 Å². The van der Waals surface area contributed by atoms with Crippen LogP contribution in [0.25, 0.3) is 0 Å². The van der Waals surface area contributed by atoms with Crippen LogP contribution < -0.4 is 25.6 Å². The Balaban J connectivity index is 1.07. The molecule has 6 heterocycles. The first-order valence-electron chi connectivity index (χ1n) is 15.5. The lowest BCUT2D eigenvalue weighted by Gasteiger charge is -2.49. The van der Waals surface area contributed by atoms with Crippen LogP contribution in [-0.2, 0) is 22.6 Å². The van der Waals surface area contributed by atoms with Crippen LogP contribution in [0.5, 0.6) is 6.01 Å². The smallest absolute Gasteiger partial charge is 0.320 e. The molecule has 2 atom stereocenters. The molecule has 2 aromatic heterocycles. The summed E-state index contributed by atoms with van der Waals surface area (Å²) in [6.45, 7) is 6.26. The molecule has 2 aliphatic carbocycles. The molecule has 11 nitrogen and oxygen atoms in total. The zero-order chi connectivity index (χ0) is 29.3. The minimum absolute atomic E-state index is 0.0816. The number of hydrogen-bond donors (Lipinski definition) is 2. The van der Waals surface area contributed by atoms with E-state index in [9.17, 15) is 14.7 Å². The lowest BCUT2D eigenvalue weighted by Crippen LogP contribution is -2.59. The van der Waals surface area contributed by atoms with Crippen LogP contribution in [0.4, 0.5) is 16.6 Å². The van der Waals surface area contributed by atoms with Gasteiger partial charge in [0.15, 0.2) is 11.6 Å². The summed E-state index contributed by atoms with van der Waals surface area (Å²) in [4.78, 5) is 17.9. The number of thiophene rings is 1. The Morgan fingerprint density at radius 1 is 1.02 bits per heavy atom. The molecule has 2 aromatic rings. The average Bonchev–Trinajstić information content (AvgIpc) is 3.36. The number of aromatic nitrogens is 2. The molecule has 2 bridgehead atoms. The van der Waals surface area contributed by atoms with E-state index >= 15 is 0 Å². The number of nitrogens with zero attached hydrogens (tertiary/aromatic N) is 7. The Morgan fingerprint density at radius 3 is 2.35 bits per heavy atom. The molecular formula is C30H37N9O2S2. The number of ether oxygens (including phenoxy) is 1. The zero-order valence-corrected chi connectivity index (χ0v) is 25.9. The summed E-state index contributed by atoms with van der Waals surface area (Å²) >= 11 is 1.55. The highest BCUT2D eigenvalue weighted by Crippen LogP contribution is 2.53. The number of hydrogen-bond acceptors (Lipinski definition) is 12. The van der Waals surface area contributed by atoms with Crippen LogP contribution in [0.3, 0.4) is 0 Å². The molecule has 8 rings (SSSR count). The molecule has 6 aliphatic rings. The van der Waals surface area contributed by atoms with Gasteiger partial charge in [-0.1, -0.05) is 0 Å². The van der Waals surface area contributed by atoms with E-state index in [-0.39, 0.29) is 10.8 Å². The maximum Gasteiger partial charge on any atom is 0.320 e. The number of anilines is 3. The zero-order valence-electron chi connectivity index (χ0n) is 24.3. The van der Waals surface area contributed by atoms with E-state index in [1.54, 1.807) is 11.3 Å². The van der Waals surface area contributed by atoms with E-state index in [4.69, 9.17) is 20.4 Å². The van der Waals surface area contributed by atoms with Gasteiger partial charge in [0, 0.05) is 95.9 Å². The second-order valence-electron chi connectivity index (χ2n) is 13.5. The molecule has 3 N–H and O–H groups in total. The number of nitrogens with two attached hydrogens (primary N) is 1. The maximum atomic E-state index is 11.8. The van der Waals surface area contributed by atoms with Crippen molar-refractivity contribution < 1.29 is 8.95 Å². The molecule has 226 valence electrons. The van der Waals surface area contributed by atoms with Gasteiger partial charge in [-0.3, -0.25) is 4.21 Å². The SMILES string of the molecule is N#Cc1c(N2CC3CC[C@@H](C2)N3)nc(OCC2(CN3CCS(=O)CC3)CC2)nc1N1CC2(CCc3sc(N)c(C#N)c32)C1. The van der Waals surface area contributed by atoms with Gasteiger partial charge in [-0.05, 0) is 44.1 Å². The van der Waals surface area contributed by atoms with Gasteiger partial charge in [0.25, 0.3) is 0 Å². The van der Waals surface area contributed by atoms with E-state index in [0.29, 0.717) is 65.6 Å². The van der Waals surface area contributed by atoms with E-state index in [2.05, 4.69) is 32.2 Å². The second-order valence-corrected chi connectivity index (χ2v) is 16.3. The summed E-state index contributed by atoms with van der Waals surface area (Å²) in [5.41, 5.74) is 8.43. The number of nitrogens with one attached hydrogen (secondary N) is 1. The molecule has 0 aromatic carbocycles. The molecule has 0 radical (unpaired) electrons. The predicted octanol–water partition coefficient (Wildman–Crippen LogP) is 1.73. The van der Waals surface area contributed by atoms with Crippen molar-refractivity contribution in [1.29, 1.82) is 10.5 Å². The van der Waals surface area contributed by atoms with Gasteiger partial charge in [0.2, 0.25) is 0 Å². The number of piperazine rings is 1. The number of rotatable bonds is 7. The molecular weight excluding hydrogens is 583 g/mol. The highest BCUT2D eigenvalue weighted by atomic mass is 32.2. The molecule has 1 unspecified atom stereocenters. The van der Waals surface area contributed by atoms with Crippen LogP contribution in [0, 0.1) is 28.1 Å². The summed E-state index contributed by atoms with van der Waals surface area (Å²) in [7, 11) is -0.685.